The van der Waals surface area contributed by atoms with E-state index in [0.29, 0.717) is 18.1 Å². The summed E-state index contributed by atoms with van der Waals surface area (Å²) in [6.07, 6.45) is 6.86. The number of aliphatic imine (C=N–C) groups is 1. The Kier molecular flexibility index (Phi) is 17.1. The van der Waals surface area contributed by atoms with Crippen molar-refractivity contribution in [2.24, 2.45) is 16.8 Å². The Balaban J connectivity index is 0.000000262. The minimum Gasteiger partial charge on any atom is -0.464 e. The average molecular weight is 665 g/mol. The van der Waals surface area contributed by atoms with Gasteiger partial charge in [0, 0.05) is 39.1 Å². The summed E-state index contributed by atoms with van der Waals surface area (Å²) >= 11 is 0. The van der Waals surface area contributed by atoms with Crippen molar-refractivity contribution in [3.63, 3.8) is 0 Å². The highest BCUT2D eigenvalue weighted by Crippen LogP contribution is 2.40. The number of aliphatic hydroxyl groups is 1. The number of amidine groups is 1. The topological polar surface area (TPSA) is 104 Å². The Hall–Kier alpha value is -3.27. The first-order chi connectivity index (χ1) is 23.2. The van der Waals surface area contributed by atoms with Crippen LogP contribution in [0.1, 0.15) is 89.8 Å². The summed E-state index contributed by atoms with van der Waals surface area (Å²) in [5.74, 6) is 0.484. The third kappa shape index (κ3) is 12.0. The Bertz CT molecular complexity index is 1230. The number of ether oxygens (including phenoxy) is 2. The second-order valence-electron chi connectivity index (χ2n) is 13.3. The van der Waals surface area contributed by atoms with Crippen LogP contribution in [-0.4, -0.2) is 92.2 Å². The molecule has 1 aliphatic carbocycles. The maximum absolute atomic E-state index is 13.0. The van der Waals surface area contributed by atoms with Gasteiger partial charge in [-0.3, -0.25) is 10.3 Å². The van der Waals surface area contributed by atoms with Gasteiger partial charge in [-0.2, -0.15) is 0 Å². The summed E-state index contributed by atoms with van der Waals surface area (Å²) in [6.45, 7) is 14.6. The van der Waals surface area contributed by atoms with Crippen molar-refractivity contribution in [3.05, 3.63) is 71.8 Å². The third-order valence-corrected chi connectivity index (χ3v) is 9.42. The van der Waals surface area contributed by atoms with Gasteiger partial charge in [0.25, 0.3) is 0 Å². The van der Waals surface area contributed by atoms with Crippen LogP contribution in [-0.2, 0) is 24.7 Å². The molecule has 9 heteroatoms. The van der Waals surface area contributed by atoms with Gasteiger partial charge in [0.15, 0.2) is 5.60 Å². The van der Waals surface area contributed by atoms with Crippen LogP contribution >= 0.6 is 0 Å². The zero-order valence-electron chi connectivity index (χ0n) is 30.0. The van der Waals surface area contributed by atoms with Crippen LogP contribution < -0.4 is 5.32 Å². The van der Waals surface area contributed by atoms with E-state index >= 15 is 0 Å². The minimum absolute atomic E-state index is 0.0952. The maximum atomic E-state index is 13.0. The number of nitrogens with one attached hydrogen (secondary N) is 1. The van der Waals surface area contributed by atoms with E-state index in [2.05, 4.69) is 42.9 Å². The van der Waals surface area contributed by atoms with E-state index in [1.54, 1.807) is 0 Å². The van der Waals surface area contributed by atoms with E-state index in [-0.39, 0.29) is 24.5 Å². The number of rotatable bonds is 16. The quantitative estimate of drug-likeness (QED) is 0.211. The van der Waals surface area contributed by atoms with Crippen LogP contribution in [0.15, 0.2) is 65.7 Å². The number of esters is 2. The molecule has 1 fully saturated rings. The van der Waals surface area contributed by atoms with Crippen molar-refractivity contribution >= 4 is 17.8 Å². The SMILES string of the molecule is CCN(CC)CCNC(C(=O)OCCC(C)C)c1ccccc1.CN1CCCN=C1COC(=O)C(O)(c1ccccc1)C1CCCCC1. The number of carbonyl (C=O) groups excluding carboxylic acids is 2. The first-order valence-electron chi connectivity index (χ1n) is 18.1. The molecule has 0 amide bonds. The van der Waals surface area contributed by atoms with Crippen molar-refractivity contribution < 1.29 is 24.2 Å². The first-order valence-corrected chi connectivity index (χ1v) is 18.1. The molecule has 2 aromatic rings. The molecule has 1 aliphatic heterocycles. The highest BCUT2D eigenvalue weighted by molar-refractivity contribution is 5.88. The number of nitrogens with zero attached hydrogens (tertiary/aromatic N) is 3. The predicted octanol–water partition coefficient (Wildman–Crippen LogP) is 5.98. The lowest BCUT2D eigenvalue weighted by atomic mass is 9.73. The Morgan fingerprint density at radius 1 is 0.979 bits per heavy atom. The van der Waals surface area contributed by atoms with Crippen LogP contribution in [0.2, 0.25) is 0 Å². The van der Waals surface area contributed by atoms with Crippen molar-refractivity contribution in [1.82, 2.24) is 15.1 Å². The maximum Gasteiger partial charge on any atom is 0.343 e. The number of hydrogen-bond acceptors (Lipinski definition) is 9. The minimum atomic E-state index is -1.57. The normalized spacial score (nSPS) is 17.2. The van der Waals surface area contributed by atoms with Crippen molar-refractivity contribution in [1.29, 1.82) is 0 Å². The summed E-state index contributed by atoms with van der Waals surface area (Å²) in [4.78, 5) is 34.2. The van der Waals surface area contributed by atoms with Crippen molar-refractivity contribution in [2.75, 3.05) is 59.5 Å². The molecule has 0 saturated heterocycles. The van der Waals surface area contributed by atoms with Crippen LogP contribution in [0, 0.1) is 11.8 Å². The predicted molar refractivity (Wildman–Crippen MR) is 193 cm³/mol. The fraction of sp³-hybridized carbons (Fsp3) is 0.615. The fourth-order valence-electron chi connectivity index (χ4n) is 6.26. The van der Waals surface area contributed by atoms with Gasteiger partial charge in [-0.1, -0.05) is 108 Å². The zero-order valence-corrected chi connectivity index (χ0v) is 30.0. The van der Waals surface area contributed by atoms with E-state index in [0.717, 1.165) is 95.6 Å². The number of carbonyl (C=O) groups is 2. The van der Waals surface area contributed by atoms with Gasteiger partial charge >= 0.3 is 11.9 Å². The molecule has 266 valence electrons. The second-order valence-corrected chi connectivity index (χ2v) is 13.3. The molecule has 0 bridgehead atoms. The smallest absolute Gasteiger partial charge is 0.343 e. The summed E-state index contributed by atoms with van der Waals surface area (Å²) < 4.78 is 11.0. The molecule has 0 spiro atoms. The van der Waals surface area contributed by atoms with Crippen molar-refractivity contribution in [2.45, 2.75) is 84.3 Å². The molecule has 2 atom stereocenters. The van der Waals surface area contributed by atoms with E-state index in [4.69, 9.17) is 9.47 Å². The van der Waals surface area contributed by atoms with Gasteiger partial charge in [-0.25, -0.2) is 9.59 Å². The highest BCUT2D eigenvalue weighted by atomic mass is 16.6. The third-order valence-electron chi connectivity index (χ3n) is 9.42. The van der Waals surface area contributed by atoms with Crippen molar-refractivity contribution in [3.8, 4) is 0 Å². The molecule has 4 rings (SSSR count). The lowest BCUT2D eigenvalue weighted by Crippen LogP contribution is -2.46. The molecule has 2 aromatic carbocycles. The van der Waals surface area contributed by atoms with Crippen LogP contribution in [0.25, 0.3) is 0 Å². The molecule has 1 heterocycles. The summed E-state index contributed by atoms with van der Waals surface area (Å²) in [6, 6.07) is 18.7. The first kappa shape index (κ1) is 39.2. The molecular weight excluding hydrogens is 604 g/mol. The van der Waals surface area contributed by atoms with Crippen LogP contribution in [0.3, 0.4) is 0 Å². The molecule has 1 saturated carbocycles. The largest absolute Gasteiger partial charge is 0.464 e. The molecular formula is C39H60N4O5. The number of benzene rings is 2. The lowest BCUT2D eigenvalue weighted by Gasteiger charge is -2.37. The summed E-state index contributed by atoms with van der Waals surface area (Å²) in [7, 11) is 1.95. The van der Waals surface area contributed by atoms with E-state index in [9.17, 15) is 14.7 Å². The highest BCUT2D eigenvalue weighted by Gasteiger charge is 2.47. The lowest BCUT2D eigenvalue weighted by molar-refractivity contribution is -0.174. The number of likely N-dealkylation sites (N-methyl/N-ethyl adjacent to an activating group) is 2. The van der Waals surface area contributed by atoms with Crippen LogP contribution in [0.5, 0.6) is 0 Å². The van der Waals surface area contributed by atoms with Gasteiger partial charge in [0.05, 0.1) is 6.61 Å². The second kappa shape index (κ2) is 21.0. The van der Waals surface area contributed by atoms with E-state index in [1.165, 1.54) is 0 Å². The molecule has 2 N–H and O–H groups in total. The van der Waals surface area contributed by atoms with Gasteiger partial charge in [0.2, 0.25) is 0 Å². The van der Waals surface area contributed by atoms with E-state index in [1.807, 2.05) is 72.6 Å². The fourth-order valence-corrected chi connectivity index (χ4v) is 6.26. The molecule has 0 aromatic heterocycles. The Morgan fingerprint density at radius 3 is 2.23 bits per heavy atom. The zero-order chi connectivity index (χ0) is 34.8. The summed E-state index contributed by atoms with van der Waals surface area (Å²) in [5, 5.41) is 14.8. The summed E-state index contributed by atoms with van der Waals surface area (Å²) in [5.41, 5.74) is 0.0163. The Morgan fingerprint density at radius 2 is 1.62 bits per heavy atom. The molecule has 2 unspecified atom stereocenters. The monoisotopic (exact) mass is 664 g/mol. The standard InChI is InChI=1S/C20H28N2O3.C19H32N2O2/c1-22-14-8-13-21-18(22)15-25-19(23)20(24,16-9-4-2-5-10-16)17-11-6-3-7-12-17;1-5-21(6-2)14-13-20-18(17-10-8-7-9-11-17)19(22)23-15-12-16(3)4/h2,4-5,9-10,17,24H,3,6-8,11-15H2,1H3;7-11,16,18,20H,5-6,12-15H2,1-4H3. The molecule has 2 aliphatic rings. The average Bonchev–Trinajstić information content (AvgIpc) is 3.12. The van der Waals surface area contributed by atoms with E-state index < -0.39 is 11.6 Å². The number of hydrogen-bond donors (Lipinski definition) is 2. The van der Waals surface area contributed by atoms with Gasteiger partial charge < -0.3 is 24.4 Å². The van der Waals surface area contributed by atoms with Crippen LogP contribution in [0.4, 0.5) is 0 Å². The molecule has 9 nitrogen and oxygen atoms in total. The molecule has 0 radical (unpaired) electrons. The molecule has 48 heavy (non-hydrogen) atoms. The van der Waals surface area contributed by atoms with Gasteiger partial charge in [-0.15, -0.1) is 0 Å². The van der Waals surface area contributed by atoms with Gasteiger partial charge in [-0.05, 0) is 55.8 Å². The Labute approximate surface area is 289 Å². The van der Waals surface area contributed by atoms with Gasteiger partial charge in [0.1, 0.15) is 18.5 Å².